The molecule has 0 atom stereocenters. The first-order valence-electron chi connectivity index (χ1n) is 8.55. The Kier molecular flexibility index (Phi) is 7.18. The Labute approximate surface area is 162 Å². The molecule has 1 heterocycles. The van der Waals surface area contributed by atoms with Gasteiger partial charge in [-0.25, -0.2) is 4.98 Å². The highest BCUT2D eigenvalue weighted by molar-refractivity contribution is 7.98. The van der Waals surface area contributed by atoms with Gasteiger partial charge in [-0.3, -0.25) is 14.4 Å². The Hall–Kier alpha value is -2.61. The van der Waals surface area contributed by atoms with E-state index < -0.39 is 0 Å². The molecular weight excluding hydrogens is 364 g/mol. The number of amides is 2. The zero-order valence-corrected chi connectivity index (χ0v) is 16.8. The van der Waals surface area contributed by atoms with Crippen LogP contribution in [0.4, 0.5) is 5.69 Å². The lowest BCUT2D eigenvalue weighted by Gasteiger charge is -2.18. The minimum atomic E-state index is -0.205. The number of nitrogens with zero attached hydrogens (tertiary/aromatic N) is 2. The van der Waals surface area contributed by atoms with Crippen LogP contribution in [0.2, 0.25) is 0 Å². The normalized spacial score (nSPS) is 10.5. The average Bonchev–Trinajstić information content (AvgIpc) is 2.62. The second-order valence-electron chi connectivity index (χ2n) is 6.22. The van der Waals surface area contributed by atoms with Crippen molar-refractivity contribution in [1.29, 1.82) is 0 Å². The number of para-hydroxylation sites is 1. The first-order valence-corrected chi connectivity index (χ1v) is 9.77. The van der Waals surface area contributed by atoms with Crippen molar-refractivity contribution in [1.82, 2.24) is 14.9 Å². The number of carbonyl (C=O) groups is 2. The molecule has 0 radical (unpaired) electrons. The monoisotopic (exact) mass is 388 g/mol. The third-order valence-corrected chi connectivity index (χ3v) is 4.81. The van der Waals surface area contributed by atoms with Gasteiger partial charge in [0.1, 0.15) is 0 Å². The van der Waals surface area contributed by atoms with Crippen molar-refractivity contribution in [2.75, 3.05) is 18.6 Å². The van der Waals surface area contributed by atoms with Gasteiger partial charge in [-0.05, 0) is 31.2 Å². The van der Waals surface area contributed by atoms with Crippen LogP contribution in [0.1, 0.15) is 30.2 Å². The lowest BCUT2D eigenvalue weighted by atomic mass is 10.1. The Bertz CT molecular complexity index is 895. The van der Waals surface area contributed by atoms with E-state index in [0.717, 1.165) is 5.56 Å². The summed E-state index contributed by atoms with van der Waals surface area (Å²) in [5, 5.41) is 3.44. The predicted molar refractivity (Wildman–Crippen MR) is 107 cm³/mol. The first-order chi connectivity index (χ1) is 12.8. The molecule has 0 aliphatic heterocycles. The maximum atomic E-state index is 12.4. The van der Waals surface area contributed by atoms with E-state index in [9.17, 15) is 14.4 Å². The number of aromatic nitrogens is 2. The Morgan fingerprint density at radius 3 is 2.63 bits per heavy atom. The van der Waals surface area contributed by atoms with Gasteiger partial charge < -0.3 is 15.2 Å². The van der Waals surface area contributed by atoms with Gasteiger partial charge in [0, 0.05) is 43.9 Å². The molecular formula is C19H24N4O3S. The molecule has 0 spiro atoms. The van der Waals surface area contributed by atoms with Crippen molar-refractivity contribution in [2.24, 2.45) is 0 Å². The van der Waals surface area contributed by atoms with E-state index in [4.69, 9.17) is 0 Å². The van der Waals surface area contributed by atoms with E-state index in [1.54, 1.807) is 24.9 Å². The van der Waals surface area contributed by atoms with Crippen molar-refractivity contribution >= 4 is 29.3 Å². The van der Waals surface area contributed by atoms with Gasteiger partial charge in [0.2, 0.25) is 11.8 Å². The van der Waals surface area contributed by atoms with Crippen molar-refractivity contribution < 1.29 is 9.59 Å². The summed E-state index contributed by atoms with van der Waals surface area (Å²) in [6.07, 6.45) is 2.32. The van der Waals surface area contributed by atoms with Gasteiger partial charge >= 0.3 is 0 Å². The third-order valence-electron chi connectivity index (χ3n) is 4.23. The molecule has 7 nitrogen and oxygen atoms in total. The number of benzene rings is 1. The van der Waals surface area contributed by atoms with E-state index in [-0.39, 0.29) is 23.8 Å². The van der Waals surface area contributed by atoms with Crippen LogP contribution in [0.5, 0.6) is 0 Å². The fourth-order valence-corrected chi connectivity index (χ4v) is 3.00. The van der Waals surface area contributed by atoms with Crippen molar-refractivity contribution in [3.8, 4) is 0 Å². The number of H-pyrrole nitrogens is 1. The molecule has 27 heavy (non-hydrogen) atoms. The van der Waals surface area contributed by atoms with Crippen LogP contribution in [0.3, 0.4) is 0 Å². The van der Waals surface area contributed by atoms with Crippen LogP contribution in [0.25, 0.3) is 0 Å². The van der Waals surface area contributed by atoms with E-state index in [2.05, 4.69) is 15.3 Å². The number of rotatable bonds is 7. The fourth-order valence-electron chi connectivity index (χ4n) is 2.57. The van der Waals surface area contributed by atoms with Crippen LogP contribution in [-0.4, -0.2) is 40.0 Å². The molecule has 0 fully saturated rings. The lowest BCUT2D eigenvalue weighted by Crippen LogP contribution is -2.24. The van der Waals surface area contributed by atoms with Gasteiger partial charge in [0.25, 0.3) is 5.56 Å². The van der Waals surface area contributed by atoms with Crippen LogP contribution in [0, 0.1) is 6.92 Å². The summed E-state index contributed by atoms with van der Waals surface area (Å²) in [7, 11) is 1.71. The SMILES string of the molecule is CSc1nc(C)c(CCC(=O)Nc2ccccc2CN(C)C(C)=O)c(=O)[nH]1. The minimum Gasteiger partial charge on any atom is -0.342 e. The Balaban J connectivity index is 2.05. The molecule has 0 aliphatic rings. The molecule has 0 aliphatic carbocycles. The van der Waals surface area contributed by atoms with Gasteiger partial charge in [-0.15, -0.1) is 0 Å². The molecule has 2 rings (SSSR count). The van der Waals surface area contributed by atoms with E-state index in [1.165, 1.54) is 18.7 Å². The number of nitrogens with one attached hydrogen (secondary N) is 2. The maximum Gasteiger partial charge on any atom is 0.254 e. The number of carbonyl (C=O) groups excluding carboxylic acids is 2. The fraction of sp³-hybridized carbons (Fsp3) is 0.368. The molecule has 2 N–H and O–H groups in total. The summed E-state index contributed by atoms with van der Waals surface area (Å²) < 4.78 is 0. The van der Waals surface area contributed by atoms with E-state index in [0.29, 0.717) is 35.1 Å². The summed E-state index contributed by atoms with van der Waals surface area (Å²) in [4.78, 5) is 44.6. The molecule has 144 valence electrons. The summed E-state index contributed by atoms with van der Waals surface area (Å²) in [6, 6.07) is 7.36. The summed E-state index contributed by atoms with van der Waals surface area (Å²) >= 11 is 1.37. The predicted octanol–water partition coefficient (Wildman–Crippen LogP) is 2.35. The number of thioether (sulfide) groups is 1. The molecule has 1 aromatic heterocycles. The Morgan fingerprint density at radius 1 is 1.30 bits per heavy atom. The molecule has 8 heteroatoms. The number of hydrogen-bond donors (Lipinski definition) is 2. The van der Waals surface area contributed by atoms with Gasteiger partial charge in [-0.1, -0.05) is 30.0 Å². The highest BCUT2D eigenvalue weighted by atomic mass is 32.2. The van der Waals surface area contributed by atoms with Crippen LogP contribution in [0.15, 0.2) is 34.2 Å². The van der Waals surface area contributed by atoms with Gasteiger partial charge in [0.05, 0.1) is 0 Å². The molecule has 2 aromatic rings. The van der Waals surface area contributed by atoms with Crippen molar-refractivity contribution in [3.05, 3.63) is 51.4 Å². The second-order valence-corrected chi connectivity index (χ2v) is 7.01. The van der Waals surface area contributed by atoms with Crippen LogP contribution in [-0.2, 0) is 22.6 Å². The van der Waals surface area contributed by atoms with Crippen molar-refractivity contribution in [2.45, 2.75) is 38.4 Å². The zero-order valence-electron chi connectivity index (χ0n) is 16.0. The molecule has 0 unspecified atom stereocenters. The topological polar surface area (TPSA) is 95.2 Å². The quantitative estimate of drug-likeness (QED) is 0.561. The van der Waals surface area contributed by atoms with Crippen LogP contribution >= 0.6 is 11.8 Å². The summed E-state index contributed by atoms with van der Waals surface area (Å²) in [6.45, 7) is 3.68. The lowest BCUT2D eigenvalue weighted by molar-refractivity contribution is -0.128. The largest absolute Gasteiger partial charge is 0.342 e. The third kappa shape index (κ3) is 5.68. The molecule has 0 bridgehead atoms. The number of aromatic amines is 1. The number of aryl methyl sites for hydroxylation is 1. The van der Waals surface area contributed by atoms with E-state index in [1.807, 2.05) is 24.5 Å². The minimum absolute atomic E-state index is 0.0491. The number of hydrogen-bond acceptors (Lipinski definition) is 5. The van der Waals surface area contributed by atoms with E-state index >= 15 is 0 Å². The smallest absolute Gasteiger partial charge is 0.254 e. The average molecular weight is 388 g/mol. The summed E-state index contributed by atoms with van der Waals surface area (Å²) in [5.41, 5.74) is 2.47. The molecule has 1 aromatic carbocycles. The van der Waals surface area contributed by atoms with Gasteiger partial charge in [-0.2, -0.15) is 0 Å². The molecule has 0 saturated heterocycles. The van der Waals surface area contributed by atoms with Gasteiger partial charge in [0.15, 0.2) is 5.16 Å². The standard InChI is InChI=1S/C19H24N4O3S/c1-12-15(18(26)22-19(20-12)27-4)9-10-17(25)21-16-8-6-5-7-14(16)11-23(3)13(2)24/h5-8H,9-11H2,1-4H3,(H,21,25)(H,20,22,26). The molecule has 2 amide bonds. The second kappa shape index (κ2) is 9.36. The highest BCUT2D eigenvalue weighted by Gasteiger charge is 2.13. The van der Waals surface area contributed by atoms with Crippen molar-refractivity contribution in [3.63, 3.8) is 0 Å². The maximum absolute atomic E-state index is 12.4. The highest BCUT2D eigenvalue weighted by Crippen LogP contribution is 2.17. The first kappa shape index (κ1) is 20.7. The molecule has 0 saturated carbocycles. The van der Waals surface area contributed by atoms with Crippen LogP contribution < -0.4 is 10.9 Å². The zero-order chi connectivity index (χ0) is 20.0. The number of anilines is 1. The Morgan fingerprint density at radius 2 is 2.00 bits per heavy atom. The summed E-state index contributed by atoms with van der Waals surface area (Å²) in [5.74, 6) is -0.243.